The summed E-state index contributed by atoms with van der Waals surface area (Å²) in [6.45, 7) is 0. The molecular weight excluding hydrogens is 350 g/mol. The average Bonchev–Trinajstić information content (AvgIpc) is 2.48. The fourth-order valence-electron chi connectivity index (χ4n) is 1.53. The van der Waals surface area contributed by atoms with Gasteiger partial charge in [-0.1, -0.05) is 42.1 Å². The number of nitrogens with two attached hydrogens (primary N) is 1. The van der Waals surface area contributed by atoms with E-state index in [1.165, 1.54) is 17.3 Å². The molecule has 4 nitrogen and oxygen atoms in total. The third kappa shape index (κ3) is 5.24. The summed E-state index contributed by atoms with van der Waals surface area (Å²) in [4.78, 5) is 0. The van der Waals surface area contributed by atoms with Gasteiger partial charge in [0.25, 0.3) is 0 Å². The Hall–Kier alpha value is -1.79. The van der Waals surface area contributed by atoms with Crippen molar-refractivity contribution in [1.29, 1.82) is 0 Å². The minimum absolute atomic E-state index is 0.195. The first kappa shape index (κ1) is 15.6. The standard InChI is InChI=1S/C15H14BrN3OS/c16-14-8-13(20)7-6-12(14)9-18-19-15(17)21-10-11-4-2-1-3-5-11/h1-9,20H,10H2,(H2,17,19). The van der Waals surface area contributed by atoms with Gasteiger partial charge in [-0.2, -0.15) is 5.10 Å². The molecule has 0 aliphatic heterocycles. The number of phenols is 1. The SMILES string of the molecule is NC(=NN=Cc1ccc(O)cc1Br)SCc1ccccc1. The molecule has 0 radical (unpaired) electrons. The van der Waals surface area contributed by atoms with E-state index in [0.29, 0.717) is 5.17 Å². The van der Waals surface area contributed by atoms with Gasteiger partial charge < -0.3 is 10.8 Å². The highest BCUT2D eigenvalue weighted by Crippen LogP contribution is 2.20. The lowest BCUT2D eigenvalue weighted by Gasteiger charge is -1.99. The summed E-state index contributed by atoms with van der Waals surface area (Å²) in [6, 6.07) is 15.0. The summed E-state index contributed by atoms with van der Waals surface area (Å²) in [5, 5.41) is 17.6. The number of halogens is 1. The normalized spacial score (nSPS) is 12.0. The molecule has 21 heavy (non-hydrogen) atoms. The molecule has 0 spiro atoms. The van der Waals surface area contributed by atoms with Gasteiger partial charge in [-0.3, -0.25) is 0 Å². The van der Waals surface area contributed by atoms with Crippen LogP contribution in [0.25, 0.3) is 0 Å². The molecule has 2 aromatic carbocycles. The summed E-state index contributed by atoms with van der Waals surface area (Å²) in [7, 11) is 0. The molecule has 0 atom stereocenters. The third-order valence-electron chi connectivity index (χ3n) is 2.57. The number of thioether (sulfide) groups is 1. The average molecular weight is 364 g/mol. The summed E-state index contributed by atoms with van der Waals surface area (Å²) in [5.74, 6) is 0.953. The van der Waals surface area contributed by atoms with E-state index < -0.39 is 0 Å². The second-order valence-corrected chi connectivity index (χ2v) is 6.01. The zero-order chi connectivity index (χ0) is 15.1. The predicted molar refractivity (Wildman–Crippen MR) is 92.8 cm³/mol. The lowest BCUT2D eigenvalue weighted by molar-refractivity contribution is 0.475. The Balaban J connectivity index is 1.92. The molecule has 0 fully saturated rings. The molecule has 0 aliphatic rings. The van der Waals surface area contributed by atoms with Gasteiger partial charge in [0.15, 0.2) is 5.17 Å². The Morgan fingerprint density at radius 2 is 2.00 bits per heavy atom. The van der Waals surface area contributed by atoms with Crippen LogP contribution in [-0.4, -0.2) is 16.5 Å². The van der Waals surface area contributed by atoms with E-state index in [9.17, 15) is 5.11 Å². The first-order valence-electron chi connectivity index (χ1n) is 6.17. The van der Waals surface area contributed by atoms with E-state index in [2.05, 4.69) is 26.1 Å². The van der Waals surface area contributed by atoms with Crippen molar-refractivity contribution in [2.75, 3.05) is 0 Å². The summed E-state index contributed by atoms with van der Waals surface area (Å²) in [6.07, 6.45) is 1.58. The number of amidine groups is 1. The highest BCUT2D eigenvalue weighted by molar-refractivity contribution is 9.10. The van der Waals surface area contributed by atoms with Crippen molar-refractivity contribution < 1.29 is 5.11 Å². The molecule has 0 aliphatic carbocycles. The lowest BCUT2D eigenvalue weighted by atomic mass is 10.2. The minimum atomic E-state index is 0.195. The molecule has 0 amide bonds. The first-order valence-corrected chi connectivity index (χ1v) is 7.95. The van der Waals surface area contributed by atoms with Crippen LogP contribution in [0.1, 0.15) is 11.1 Å². The van der Waals surface area contributed by atoms with Gasteiger partial charge in [0.05, 0.1) is 6.21 Å². The van der Waals surface area contributed by atoms with E-state index >= 15 is 0 Å². The van der Waals surface area contributed by atoms with Gasteiger partial charge in [0.1, 0.15) is 5.75 Å². The van der Waals surface area contributed by atoms with E-state index in [1.54, 1.807) is 24.4 Å². The van der Waals surface area contributed by atoms with Crippen LogP contribution in [-0.2, 0) is 5.75 Å². The smallest absolute Gasteiger partial charge is 0.180 e. The summed E-state index contributed by atoms with van der Waals surface area (Å²) >= 11 is 4.77. The number of benzene rings is 2. The molecule has 0 bridgehead atoms. The van der Waals surface area contributed by atoms with Crippen LogP contribution in [0.3, 0.4) is 0 Å². The molecule has 2 aromatic rings. The van der Waals surface area contributed by atoms with Gasteiger partial charge in [-0.15, -0.1) is 5.10 Å². The minimum Gasteiger partial charge on any atom is -0.508 e. The number of aromatic hydroxyl groups is 1. The second kappa shape index (κ2) is 7.85. The predicted octanol–water partition coefficient (Wildman–Crippen LogP) is 3.74. The number of rotatable bonds is 4. The van der Waals surface area contributed by atoms with Crippen molar-refractivity contribution >= 4 is 39.1 Å². The zero-order valence-electron chi connectivity index (χ0n) is 11.1. The largest absolute Gasteiger partial charge is 0.508 e. The maximum Gasteiger partial charge on any atom is 0.180 e. The Bertz CT molecular complexity index is 659. The van der Waals surface area contributed by atoms with Crippen molar-refractivity contribution in [3.63, 3.8) is 0 Å². The molecule has 0 aromatic heterocycles. The topological polar surface area (TPSA) is 71.0 Å². The van der Waals surface area contributed by atoms with Gasteiger partial charge in [-0.25, -0.2) is 0 Å². The van der Waals surface area contributed by atoms with Gasteiger partial charge in [0.2, 0.25) is 0 Å². The number of hydrogen-bond donors (Lipinski definition) is 2. The molecular formula is C15H14BrN3OS. The van der Waals surface area contributed by atoms with E-state index in [4.69, 9.17) is 5.73 Å². The van der Waals surface area contributed by atoms with Gasteiger partial charge in [-0.05, 0) is 39.7 Å². The highest BCUT2D eigenvalue weighted by atomic mass is 79.9. The van der Waals surface area contributed by atoms with E-state index in [1.807, 2.05) is 30.3 Å². The summed E-state index contributed by atoms with van der Waals surface area (Å²) < 4.78 is 0.747. The Morgan fingerprint density at radius 1 is 1.24 bits per heavy atom. The molecule has 0 unspecified atom stereocenters. The van der Waals surface area contributed by atoms with Crippen LogP contribution in [0.2, 0.25) is 0 Å². The van der Waals surface area contributed by atoms with Crippen LogP contribution < -0.4 is 5.73 Å². The van der Waals surface area contributed by atoms with Gasteiger partial charge >= 0.3 is 0 Å². The molecule has 6 heteroatoms. The van der Waals surface area contributed by atoms with E-state index in [-0.39, 0.29) is 5.75 Å². The molecule has 3 N–H and O–H groups in total. The van der Waals surface area contributed by atoms with Crippen molar-refractivity contribution in [2.24, 2.45) is 15.9 Å². The molecule has 0 heterocycles. The number of hydrogen-bond acceptors (Lipinski definition) is 4. The van der Waals surface area contributed by atoms with Crippen molar-refractivity contribution in [3.8, 4) is 5.75 Å². The quantitative estimate of drug-likeness (QED) is 0.493. The fraction of sp³-hybridized carbons (Fsp3) is 0.0667. The zero-order valence-corrected chi connectivity index (χ0v) is 13.5. The van der Waals surface area contributed by atoms with Crippen LogP contribution in [0.4, 0.5) is 0 Å². The van der Waals surface area contributed by atoms with Crippen molar-refractivity contribution in [3.05, 3.63) is 64.1 Å². The summed E-state index contributed by atoms with van der Waals surface area (Å²) in [5.41, 5.74) is 7.80. The molecule has 2 rings (SSSR count). The molecule has 108 valence electrons. The van der Waals surface area contributed by atoms with Crippen molar-refractivity contribution in [2.45, 2.75) is 5.75 Å². The van der Waals surface area contributed by atoms with Crippen LogP contribution >= 0.6 is 27.7 Å². The fourth-order valence-corrected chi connectivity index (χ4v) is 2.61. The third-order valence-corrected chi connectivity index (χ3v) is 4.11. The Labute approximate surface area is 135 Å². The Morgan fingerprint density at radius 3 is 2.71 bits per heavy atom. The van der Waals surface area contributed by atoms with Crippen molar-refractivity contribution in [1.82, 2.24) is 0 Å². The number of nitrogens with zero attached hydrogens (tertiary/aromatic N) is 2. The Kier molecular flexibility index (Phi) is 5.83. The molecule has 0 saturated heterocycles. The number of phenolic OH excluding ortho intramolecular Hbond substituents is 1. The maximum atomic E-state index is 9.30. The van der Waals surface area contributed by atoms with Crippen LogP contribution in [0.5, 0.6) is 5.75 Å². The van der Waals surface area contributed by atoms with Gasteiger partial charge in [0, 0.05) is 15.8 Å². The van der Waals surface area contributed by atoms with E-state index in [0.717, 1.165) is 15.8 Å². The molecule has 0 saturated carbocycles. The second-order valence-electron chi connectivity index (χ2n) is 4.16. The highest BCUT2D eigenvalue weighted by Gasteiger charge is 1.98. The first-order chi connectivity index (χ1) is 10.1. The lowest BCUT2D eigenvalue weighted by Crippen LogP contribution is -2.06. The van der Waals surface area contributed by atoms with Crippen LogP contribution in [0.15, 0.2) is 63.2 Å². The van der Waals surface area contributed by atoms with Crippen LogP contribution in [0, 0.1) is 0 Å². The monoisotopic (exact) mass is 363 g/mol. The maximum absolute atomic E-state index is 9.30.